The zero-order valence-electron chi connectivity index (χ0n) is 18.7. The lowest BCUT2D eigenvalue weighted by molar-refractivity contribution is -0.117. The molecule has 2 aliphatic rings. The fourth-order valence-electron chi connectivity index (χ4n) is 4.69. The van der Waals surface area contributed by atoms with Crippen molar-refractivity contribution in [2.24, 2.45) is 11.8 Å². The van der Waals surface area contributed by atoms with Gasteiger partial charge in [0, 0.05) is 22.9 Å². The lowest BCUT2D eigenvalue weighted by Gasteiger charge is -2.14. The van der Waals surface area contributed by atoms with E-state index in [1.165, 1.54) is 17.2 Å². The Morgan fingerprint density at radius 1 is 0.971 bits per heavy atom. The van der Waals surface area contributed by atoms with E-state index in [0.717, 1.165) is 11.1 Å². The third kappa shape index (κ3) is 4.79. The summed E-state index contributed by atoms with van der Waals surface area (Å²) in [5.41, 5.74) is 4.90. The van der Waals surface area contributed by atoms with Gasteiger partial charge in [-0.15, -0.1) is 0 Å². The Morgan fingerprint density at radius 3 is 2.29 bits per heavy atom. The van der Waals surface area contributed by atoms with Crippen LogP contribution in [0.15, 0.2) is 71.2 Å². The molecule has 0 heterocycles. The van der Waals surface area contributed by atoms with Crippen LogP contribution in [0.3, 0.4) is 0 Å². The van der Waals surface area contributed by atoms with Crippen molar-refractivity contribution >= 4 is 39.6 Å². The Morgan fingerprint density at radius 2 is 1.63 bits per heavy atom. The molecule has 0 saturated heterocycles. The highest BCUT2D eigenvalue weighted by molar-refractivity contribution is 9.10. The van der Waals surface area contributed by atoms with Crippen LogP contribution >= 0.6 is 15.9 Å². The molecule has 0 aromatic heterocycles. The monoisotopic (exact) mass is 534 g/mol. The zero-order valence-corrected chi connectivity index (χ0v) is 20.2. The van der Waals surface area contributed by atoms with Crippen LogP contribution in [0.25, 0.3) is 11.1 Å². The summed E-state index contributed by atoms with van der Waals surface area (Å²) in [6.07, 6.45) is 0.105. The largest absolute Gasteiger partial charge is 0.478 e. The Labute approximate surface area is 210 Å². The van der Waals surface area contributed by atoms with Crippen LogP contribution in [0.5, 0.6) is 0 Å². The molecule has 8 heteroatoms. The van der Waals surface area contributed by atoms with Gasteiger partial charge >= 0.3 is 12.1 Å². The number of carbonyl (C=O) groups is 3. The van der Waals surface area contributed by atoms with Crippen molar-refractivity contribution in [1.82, 2.24) is 5.32 Å². The van der Waals surface area contributed by atoms with Crippen LogP contribution in [0, 0.1) is 11.8 Å². The van der Waals surface area contributed by atoms with E-state index >= 15 is 0 Å². The first-order valence-corrected chi connectivity index (χ1v) is 12.1. The maximum Gasteiger partial charge on any atom is 0.407 e. The van der Waals surface area contributed by atoms with Crippen molar-refractivity contribution in [2.45, 2.75) is 12.3 Å². The average molecular weight is 535 g/mol. The number of carboxylic acid groups (broad SMARTS) is 1. The van der Waals surface area contributed by atoms with Crippen LogP contribution < -0.4 is 10.6 Å². The van der Waals surface area contributed by atoms with Gasteiger partial charge in [-0.05, 0) is 52.8 Å². The number of benzene rings is 3. The molecule has 2 aliphatic carbocycles. The number of nitrogens with one attached hydrogen (secondary N) is 2. The molecule has 1 fully saturated rings. The Kier molecular flexibility index (Phi) is 6.30. The molecule has 3 aromatic rings. The van der Waals surface area contributed by atoms with Gasteiger partial charge in [-0.25, -0.2) is 9.59 Å². The second kappa shape index (κ2) is 9.54. The summed E-state index contributed by atoms with van der Waals surface area (Å²) >= 11 is 3.24. The van der Waals surface area contributed by atoms with Gasteiger partial charge in [0.05, 0.1) is 11.3 Å². The maximum absolute atomic E-state index is 12.6. The Bertz CT molecular complexity index is 1280. The highest BCUT2D eigenvalue weighted by Crippen LogP contribution is 2.44. The van der Waals surface area contributed by atoms with Gasteiger partial charge in [-0.3, -0.25) is 4.79 Å². The number of hydrogen-bond acceptors (Lipinski definition) is 4. The number of ether oxygens (including phenoxy) is 1. The van der Waals surface area contributed by atoms with Gasteiger partial charge in [0.2, 0.25) is 5.91 Å². The first-order valence-electron chi connectivity index (χ1n) is 11.3. The number of carboxylic acids is 1. The molecule has 0 radical (unpaired) electrons. The van der Waals surface area contributed by atoms with Crippen molar-refractivity contribution in [3.05, 3.63) is 87.9 Å². The van der Waals surface area contributed by atoms with E-state index < -0.39 is 12.1 Å². The van der Waals surface area contributed by atoms with Crippen molar-refractivity contribution < 1.29 is 24.2 Å². The summed E-state index contributed by atoms with van der Waals surface area (Å²) in [6, 6.07) is 21.0. The van der Waals surface area contributed by atoms with Gasteiger partial charge in [0.15, 0.2) is 0 Å². The molecular weight excluding hydrogens is 512 g/mol. The first-order chi connectivity index (χ1) is 16.9. The second-order valence-electron chi connectivity index (χ2n) is 8.79. The van der Waals surface area contributed by atoms with Crippen LogP contribution in [-0.2, 0) is 9.53 Å². The SMILES string of the molecule is O=C(NC[C@H]1C[C@H]1C(=O)Nc1ccc(Br)cc1C(=O)O)OCC1c2ccccc2-c2ccccc21. The number of halogens is 1. The summed E-state index contributed by atoms with van der Waals surface area (Å²) in [5.74, 6) is -1.68. The van der Waals surface area contributed by atoms with E-state index in [2.05, 4.69) is 50.8 Å². The number of rotatable bonds is 7. The van der Waals surface area contributed by atoms with E-state index in [1.807, 2.05) is 24.3 Å². The second-order valence-corrected chi connectivity index (χ2v) is 9.71. The molecule has 0 spiro atoms. The number of alkyl carbamates (subject to hydrolysis) is 1. The van der Waals surface area contributed by atoms with Crippen LogP contribution in [-0.4, -0.2) is 36.2 Å². The molecule has 178 valence electrons. The fourth-order valence-corrected chi connectivity index (χ4v) is 5.05. The standard InChI is InChI=1S/C27H23BrN2O5/c28-16-9-10-24(22(12-16)26(32)33)30-25(31)21-11-15(21)13-29-27(34)35-14-23-19-7-3-1-5-17(19)18-6-2-4-8-20(18)23/h1-10,12,15,21,23H,11,13-14H2,(H,29,34)(H,30,31)(H,32,33)/t15-,21-/m1/s1. The van der Waals surface area contributed by atoms with Crippen molar-refractivity contribution in [2.75, 3.05) is 18.5 Å². The molecule has 0 aliphatic heterocycles. The lowest BCUT2D eigenvalue weighted by Crippen LogP contribution is -2.29. The highest BCUT2D eigenvalue weighted by atomic mass is 79.9. The smallest absolute Gasteiger partial charge is 0.407 e. The molecule has 2 amide bonds. The number of hydrogen-bond donors (Lipinski definition) is 3. The molecule has 7 nitrogen and oxygen atoms in total. The minimum Gasteiger partial charge on any atom is -0.478 e. The minimum absolute atomic E-state index is 0.0121. The van der Waals surface area contributed by atoms with Crippen molar-refractivity contribution in [1.29, 1.82) is 0 Å². The molecule has 0 bridgehead atoms. The van der Waals surface area contributed by atoms with Crippen LogP contribution in [0.4, 0.5) is 10.5 Å². The van der Waals surface area contributed by atoms with Gasteiger partial charge in [-0.2, -0.15) is 0 Å². The van der Waals surface area contributed by atoms with Gasteiger partial charge < -0.3 is 20.5 Å². The van der Waals surface area contributed by atoms with Crippen LogP contribution in [0.1, 0.15) is 33.8 Å². The van der Waals surface area contributed by atoms with E-state index in [9.17, 15) is 19.5 Å². The predicted octanol–water partition coefficient (Wildman–Crippen LogP) is 5.26. The fraction of sp³-hybridized carbons (Fsp3) is 0.222. The van der Waals surface area contributed by atoms with E-state index in [0.29, 0.717) is 17.4 Å². The molecule has 5 rings (SSSR count). The number of aromatic carboxylic acids is 1. The number of carbonyl (C=O) groups excluding carboxylic acids is 2. The van der Waals surface area contributed by atoms with Gasteiger partial charge in [-0.1, -0.05) is 64.5 Å². The summed E-state index contributed by atoms with van der Waals surface area (Å²) < 4.78 is 6.16. The number of anilines is 1. The lowest BCUT2D eigenvalue weighted by atomic mass is 9.98. The predicted molar refractivity (Wildman–Crippen MR) is 134 cm³/mol. The minimum atomic E-state index is -1.12. The van der Waals surface area contributed by atoms with Crippen molar-refractivity contribution in [3.63, 3.8) is 0 Å². The topological polar surface area (TPSA) is 105 Å². The summed E-state index contributed by atoms with van der Waals surface area (Å²) in [6.45, 7) is 0.552. The quantitative estimate of drug-likeness (QED) is 0.383. The first kappa shape index (κ1) is 23.1. The molecule has 35 heavy (non-hydrogen) atoms. The molecule has 1 saturated carbocycles. The molecular formula is C27H23BrN2O5. The average Bonchev–Trinajstić information content (AvgIpc) is 3.57. The van der Waals surface area contributed by atoms with Gasteiger partial charge in [0.1, 0.15) is 6.61 Å². The summed E-state index contributed by atoms with van der Waals surface area (Å²) in [7, 11) is 0. The molecule has 3 aromatic carbocycles. The normalized spacial score (nSPS) is 17.7. The molecule has 3 N–H and O–H groups in total. The molecule has 2 atom stereocenters. The third-order valence-corrected chi connectivity index (χ3v) is 7.07. The summed E-state index contributed by atoms with van der Waals surface area (Å²) in [5, 5.41) is 14.8. The van der Waals surface area contributed by atoms with Crippen molar-refractivity contribution in [3.8, 4) is 11.1 Å². The van der Waals surface area contributed by atoms with Crippen LogP contribution in [0.2, 0.25) is 0 Å². The van der Waals surface area contributed by atoms with E-state index in [1.54, 1.807) is 12.1 Å². The van der Waals surface area contributed by atoms with E-state index in [4.69, 9.17) is 4.74 Å². The maximum atomic E-state index is 12.6. The van der Waals surface area contributed by atoms with E-state index in [-0.39, 0.29) is 41.5 Å². The number of amides is 2. The third-order valence-electron chi connectivity index (χ3n) is 6.58. The summed E-state index contributed by atoms with van der Waals surface area (Å²) in [4.78, 5) is 36.4. The van der Waals surface area contributed by atoms with Gasteiger partial charge in [0.25, 0.3) is 0 Å². The zero-order chi connectivity index (χ0) is 24.5. The Hall–Kier alpha value is -3.65. The number of fused-ring (bicyclic) bond motifs is 3. The Balaban J connectivity index is 1.12. The molecule has 0 unspecified atom stereocenters. The highest BCUT2D eigenvalue weighted by Gasteiger charge is 2.43.